The first kappa shape index (κ1) is 9.51. The minimum Gasteiger partial charge on any atom is -0.356 e. The van der Waals surface area contributed by atoms with Crippen LogP contribution in [0.1, 0.15) is 6.42 Å². The molecule has 0 aromatic rings. The molecule has 0 aromatic carbocycles. The van der Waals surface area contributed by atoms with Gasteiger partial charge in [0.05, 0.1) is 16.2 Å². The van der Waals surface area contributed by atoms with Gasteiger partial charge in [-0.1, -0.05) is 0 Å². The van der Waals surface area contributed by atoms with Gasteiger partial charge in [-0.15, -0.1) is 4.72 Å². The zero-order valence-corrected chi connectivity index (χ0v) is 6.52. The molecule has 1 atom stereocenters. The largest absolute Gasteiger partial charge is 0.356 e. The molecule has 1 aliphatic heterocycles. The van der Waals surface area contributed by atoms with E-state index in [9.17, 15) is 0 Å². The Morgan fingerprint density at radius 3 is 2.20 bits per heavy atom. The predicted molar refractivity (Wildman–Crippen MR) is 41.1 cm³/mol. The van der Waals surface area contributed by atoms with Gasteiger partial charge in [-0.3, -0.25) is 0 Å². The normalized spacial score (nSPS) is 23.1. The van der Waals surface area contributed by atoms with Gasteiger partial charge >= 0.3 is 0 Å². The first-order valence-corrected chi connectivity index (χ1v) is 4.60. The van der Waals surface area contributed by atoms with Gasteiger partial charge in [0.15, 0.2) is 0 Å². The van der Waals surface area contributed by atoms with Gasteiger partial charge in [0.2, 0.25) is 0 Å². The van der Waals surface area contributed by atoms with Gasteiger partial charge < -0.3 is 15.3 Å². The number of nitrogens with zero attached hydrogens (tertiary/aromatic N) is 1. The molecule has 0 saturated carbocycles. The molecule has 0 aliphatic carbocycles. The Labute approximate surface area is 62.0 Å². The van der Waals surface area contributed by atoms with Crippen molar-refractivity contribution in [3.63, 3.8) is 0 Å². The van der Waals surface area contributed by atoms with E-state index in [1.165, 1.54) is 18.7 Å². The van der Waals surface area contributed by atoms with E-state index in [1.54, 1.807) is 0 Å². The molecule has 1 aliphatic rings. The average molecular weight is 166 g/mol. The van der Waals surface area contributed by atoms with Crippen LogP contribution in [0.15, 0.2) is 0 Å². The van der Waals surface area contributed by atoms with Crippen molar-refractivity contribution < 1.29 is 5.09 Å². The SMILES string of the molecule is C[S+]1CCCN1.O=[N+]([O-])[O-]. The molecule has 1 fully saturated rings. The average Bonchev–Trinajstić information content (AvgIpc) is 2.15. The van der Waals surface area contributed by atoms with E-state index in [-0.39, 0.29) is 0 Å². The monoisotopic (exact) mass is 166 g/mol. The zero-order chi connectivity index (χ0) is 7.98. The number of rotatable bonds is 0. The molecule has 1 rings (SSSR count). The van der Waals surface area contributed by atoms with Crippen LogP contribution in [-0.2, 0) is 11.1 Å². The van der Waals surface area contributed by atoms with E-state index in [1.807, 2.05) is 0 Å². The summed E-state index contributed by atoms with van der Waals surface area (Å²) in [5, 5.41) is 14.8. The number of nitrogens with one attached hydrogen (secondary N) is 1. The van der Waals surface area contributed by atoms with Crippen LogP contribution in [-0.4, -0.2) is 23.6 Å². The quantitative estimate of drug-likeness (QED) is 0.310. The maximum absolute atomic E-state index is 8.25. The van der Waals surface area contributed by atoms with Gasteiger partial charge in [-0.25, -0.2) is 0 Å². The van der Waals surface area contributed by atoms with Crippen LogP contribution in [0.2, 0.25) is 0 Å². The van der Waals surface area contributed by atoms with Crippen LogP contribution in [0.3, 0.4) is 0 Å². The molecule has 1 unspecified atom stereocenters. The van der Waals surface area contributed by atoms with Crippen LogP contribution in [0, 0.1) is 15.3 Å². The van der Waals surface area contributed by atoms with Crippen LogP contribution in [0.5, 0.6) is 0 Å². The summed E-state index contributed by atoms with van der Waals surface area (Å²) in [6.07, 6.45) is 3.65. The van der Waals surface area contributed by atoms with Crippen LogP contribution < -0.4 is 4.72 Å². The smallest absolute Gasteiger partial charge is 0.128 e. The van der Waals surface area contributed by atoms with E-state index in [0.29, 0.717) is 11.1 Å². The first-order valence-electron chi connectivity index (χ1n) is 2.80. The summed E-state index contributed by atoms with van der Waals surface area (Å²) in [7, 11) is 0. The Kier molecular flexibility index (Phi) is 5.05. The van der Waals surface area contributed by atoms with Crippen molar-refractivity contribution in [2.24, 2.45) is 0 Å². The fourth-order valence-corrected chi connectivity index (χ4v) is 1.82. The third-order valence-electron chi connectivity index (χ3n) is 0.976. The van der Waals surface area contributed by atoms with Crippen molar-refractivity contribution in [3.05, 3.63) is 15.3 Å². The summed E-state index contributed by atoms with van der Waals surface area (Å²) in [5.74, 6) is 1.40. The highest BCUT2D eigenvalue weighted by atomic mass is 32.2. The second kappa shape index (κ2) is 5.31. The lowest BCUT2D eigenvalue weighted by Gasteiger charge is -1.83. The molecule has 6 heteroatoms. The standard InChI is InChI=1S/C4H10NS.NO3/c1-6-4-2-3-5-6;2-1(3)4/h5H,2-4H2,1H3;/q+1;-1. The first-order chi connectivity index (χ1) is 4.63. The summed E-state index contributed by atoms with van der Waals surface area (Å²) in [6, 6.07) is 0. The van der Waals surface area contributed by atoms with E-state index in [0.717, 1.165) is 0 Å². The molecule has 0 aromatic heterocycles. The molecule has 1 heterocycles. The molecule has 1 N–H and O–H groups in total. The molecule has 1 saturated heterocycles. The lowest BCUT2D eigenvalue weighted by molar-refractivity contribution is -0.402. The molecule has 0 spiro atoms. The summed E-state index contributed by atoms with van der Waals surface area (Å²) in [6.45, 7) is 1.25. The summed E-state index contributed by atoms with van der Waals surface area (Å²) >= 11 is 0.577. The van der Waals surface area contributed by atoms with Gasteiger partial charge in [0.25, 0.3) is 0 Å². The molecule has 5 nitrogen and oxygen atoms in total. The molecule has 0 bridgehead atoms. The van der Waals surface area contributed by atoms with Crippen LogP contribution >= 0.6 is 0 Å². The Hall–Kier alpha value is -0.490. The number of hydrogen-bond donors (Lipinski definition) is 1. The summed E-state index contributed by atoms with van der Waals surface area (Å²) < 4.78 is 3.35. The summed E-state index contributed by atoms with van der Waals surface area (Å²) in [4.78, 5) is 8.25. The Bertz CT molecular complexity index is 101. The van der Waals surface area contributed by atoms with Crippen molar-refractivity contribution in [2.45, 2.75) is 6.42 Å². The maximum Gasteiger partial charge on any atom is 0.128 e. The number of hydrogen-bond acceptors (Lipinski definition) is 4. The van der Waals surface area contributed by atoms with Crippen LogP contribution in [0.25, 0.3) is 0 Å². The zero-order valence-electron chi connectivity index (χ0n) is 5.70. The van der Waals surface area contributed by atoms with Crippen molar-refractivity contribution in [3.8, 4) is 0 Å². The van der Waals surface area contributed by atoms with E-state index in [4.69, 9.17) is 15.3 Å². The highest BCUT2D eigenvalue weighted by molar-refractivity contribution is 7.94. The van der Waals surface area contributed by atoms with Gasteiger partial charge in [0.1, 0.15) is 12.0 Å². The van der Waals surface area contributed by atoms with E-state index in [2.05, 4.69) is 11.0 Å². The highest BCUT2D eigenvalue weighted by Crippen LogP contribution is 1.96. The third-order valence-corrected chi connectivity index (χ3v) is 2.57. The Morgan fingerprint density at radius 1 is 1.60 bits per heavy atom. The highest BCUT2D eigenvalue weighted by Gasteiger charge is 2.15. The van der Waals surface area contributed by atoms with E-state index < -0.39 is 5.09 Å². The minimum atomic E-state index is -1.75. The van der Waals surface area contributed by atoms with Crippen molar-refractivity contribution >= 4 is 11.1 Å². The molecule has 0 radical (unpaired) electrons. The molecule has 10 heavy (non-hydrogen) atoms. The second-order valence-electron chi connectivity index (χ2n) is 1.81. The Balaban J connectivity index is 0.000000180. The van der Waals surface area contributed by atoms with E-state index >= 15 is 0 Å². The fourth-order valence-electron chi connectivity index (χ4n) is 0.607. The van der Waals surface area contributed by atoms with Crippen molar-refractivity contribution in [1.82, 2.24) is 4.72 Å². The molecule has 60 valence electrons. The topological polar surface area (TPSA) is 78.2 Å². The predicted octanol–water partition coefficient (Wildman–Crippen LogP) is -0.0963. The van der Waals surface area contributed by atoms with Crippen molar-refractivity contribution in [2.75, 3.05) is 18.6 Å². The Morgan fingerprint density at radius 2 is 2.10 bits per heavy atom. The molecule has 0 amide bonds. The molecular formula is C4H10N2O3S. The van der Waals surface area contributed by atoms with Crippen molar-refractivity contribution in [1.29, 1.82) is 0 Å². The molecular weight excluding hydrogens is 156 g/mol. The fraction of sp³-hybridized carbons (Fsp3) is 1.00. The summed E-state index contributed by atoms with van der Waals surface area (Å²) in [5.41, 5.74) is 0. The second-order valence-corrected chi connectivity index (χ2v) is 3.78. The van der Waals surface area contributed by atoms with Crippen LogP contribution in [0.4, 0.5) is 0 Å². The van der Waals surface area contributed by atoms with Gasteiger partial charge in [-0.05, 0) is 0 Å². The minimum absolute atomic E-state index is 0.577. The van der Waals surface area contributed by atoms with Gasteiger partial charge in [-0.2, -0.15) is 0 Å². The lowest BCUT2D eigenvalue weighted by Crippen LogP contribution is -2.14. The van der Waals surface area contributed by atoms with Gasteiger partial charge in [0, 0.05) is 13.0 Å². The third kappa shape index (κ3) is 7.51. The lowest BCUT2D eigenvalue weighted by atomic mass is 10.5. The maximum atomic E-state index is 8.25.